The van der Waals surface area contributed by atoms with Gasteiger partial charge in [-0.25, -0.2) is 4.79 Å². The summed E-state index contributed by atoms with van der Waals surface area (Å²) in [5.74, 6) is -0.438. The number of amides is 2. The Labute approximate surface area is 112 Å². The Morgan fingerprint density at radius 1 is 1.42 bits per heavy atom. The molecular weight excluding hydrogens is 248 g/mol. The molecule has 0 fully saturated rings. The normalized spacial score (nSPS) is 10.0. The second-order valence-corrected chi connectivity index (χ2v) is 4.04. The molecule has 0 aliphatic heterocycles. The monoisotopic (exact) mass is 268 g/mol. The molecule has 1 rings (SSSR count). The molecule has 3 N–H and O–H groups in total. The number of hydrogen-bond donors (Lipinski definition) is 3. The molecule has 0 aliphatic rings. The zero-order valence-corrected chi connectivity index (χ0v) is 11.3. The third-order valence-corrected chi connectivity index (χ3v) is 2.54. The van der Waals surface area contributed by atoms with E-state index in [1.165, 1.54) is 0 Å². The Balaban J connectivity index is 2.07. The highest BCUT2D eigenvalue weighted by molar-refractivity contribution is 5.80. The van der Waals surface area contributed by atoms with Gasteiger partial charge in [0.1, 0.15) is 6.54 Å². The van der Waals surface area contributed by atoms with E-state index in [1.807, 2.05) is 6.92 Å². The van der Waals surface area contributed by atoms with Crippen molar-refractivity contribution in [3.8, 4) is 0 Å². The molecule has 2 amide bonds. The third-order valence-electron chi connectivity index (χ3n) is 2.54. The van der Waals surface area contributed by atoms with E-state index in [-0.39, 0.29) is 12.6 Å². The van der Waals surface area contributed by atoms with E-state index in [0.717, 1.165) is 24.1 Å². The van der Waals surface area contributed by atoms with Crippen LogP contribution in [-0.4, -0.2) is 41.9 Å². The van der Waals surface area contributed by atoms with Gasteiger partial charge in [-0.05, 0) is 32.3 Å². The number of carbonyl (C=O) groups is 2. The fourth-order valence-electron chi connectivity index (χ4n) is 1.54. The Morgan fingerprint density at radius 2 is 2.21 bits per heavy atom. The lowest BCUT2D eigenvalue weighted by molar-refractivity contribution is -0.141. The summed E-state index contributed by atoms with van der Waals surface area (Å²) in [6, 6.07) is -0.364. The minimum Gasteiger partial charge on any atom is -0.465 e. The van der Waals surface area contributed by atoms with Crippen molar-refractivity contribution in [1.82, 2.24) is 20.8 Å². The lowest BCUT2D eigenvalue weighted by Gasteiger charge is -2.07. The number of urea groups is 1. The molecule has 1 aromatic rings. The van der Waals surface area contributed by atoms with Gasteiger partial charge >= 0.3 is 12.0 Å². The first-order valence-corrected chi connectivity index (χ1v) is 6.29. The Morgan fingerprint density at radius 3 is 2.84 bits per heavy atom. The average Bonchev–Trinajstić information content (AvgIpc) is 2.78. The Hall–Kier alpha value is -2.05. The van der Waals surface area contributed by atoms with Crippen LogP contribution >= 0.6 is 0 Å². The summed E-state index contributed by atoms with van der Waals surface area (Å²) >= 11 is 0. The maximum atomic E-state index is 11.3. The predicted molar refractivity (Wildman–Crippen MR) is 69.7 cm³/mol. The first-order chi connectivity index (χ1) is 9.13. The average molecular weight is 268 g/mol. The van der Waals surface area contributed by atoms with Crippen LogP contribution < -0.4 is 10.6 Å². The van der Waals surface area contributed by atoms with Crippen molar-refractivity contribution < 1.29 is 14.3 Å². The quantitative estimate of drug-likeness (QED) is 0.496. The standard InChI is InChI=1S/C12H20N4O3/c1-3-19-11(17)8-14-12(18)13-6-4-5-10-7-15-16-9(10)2/h7H,3-6,8H2,1-2H3,(H,15,16)(H2,13,14,18). The highest BCUT2D eigenvalue weighted by atomic mass is 16.5. The molecule has 0 unspecified atom stereocenters. The minimum absolute atomic E-state index is 0.111. The van der Waals surface area contributed by atoms with E-state index in [9.17, 15) is 9.59 Å². The van der Waals surface area contributed by atoms with Crippen molar-refractivity contribution in [3.63, 3.8) is 0 Å². The second-order valence-electron chi connectivity index (χ2n) is 4.04. The Kier molecular flexibility index (Phi) is 6.42. The molecule has 0 aliphatic carbocycles. The van der Waals surface area contributed by atoms with Crippen LogP contribution in [0.5, 0.6) is 0 Å². The van der Waals surface area contributed by atoms with Crippen molar-refractivity contribution in [2.24, 2.45) is 0 Å². The van der Waals surface area contributed by atoms with Crippen molar-refractivity contribution in [3.05, 3.63) is 17.5 Å². The summed E-state index contributed by atoms with van der Waals surface area (Å²) in [6.07, 6.45) is 3.45. The number of ether oxygens (including phenoxy) is 1. The fraction of sp³-hybridized carbons (Fsp3) is 0.583. The molecule has 0 saturated heterocycles. The Bertz CT molecular complexity index is 417. The SMILES string of the molecule is CCOC(=O)CNC(=O)NCCCc1cn[nH]c1C. The van der Waals surface area contributed by atoms with E-state index in [2.05, 4.69) is 25.6 Å². The number of aromatic amines is 1. The van der Waals surface area contributed by atoms with Crippen LogP contribution in [0.25, 0.3) is 0 Å². The third kappa shape index (κ3) is 5.89. The molecular formula is C12H20N4O3. The fourth-order valence-corrected chi connectivity index (χ4v) is 1.54. The lowest BCUT2D eigenvalue weighted by atomic mass is 10.1. The number of esters is 1. The number of nitrogens with one attached hydrogen (secondary N) is 3. The van der Waals surface area contributed by atoms with Gasteiger partial charge in [-0.2, -0.15) is 5.10 Å². The molecule has 1 aromatic heterocycles. The van der Waals surface area contributed by atoms with E-state index in [0.29, 0.717) is 13.2 Å². The molecule has 7 heteroatoms. The molecule has 19 heavy (non-hydrogen) atoms. The van der Waals surface area contributed by atoms with Crippen LogP contribution in [0, 0.1) is 6.92 Å². The number of aryl methyl sites for hydroxylation is 2. The number of carbonyl (C=O) groups excluding carboxylic acids is 2. The van der Waals surface area contributed by atoms with Crippen LogP contribution in [0.1, 0.15) is 24.6 Å². The molecule has 0 radical (unpaired) electrons. The highest BCUT2D eigenvalue weighted by Gasteiger charge is 2.05. The minimum atomic E-state index is -0.438. The molecule has 0 atom stereocenters. The number of rotatable bonds is 7. The molecule has 0 spiro atoms. The number of H-pyrrole nitrogens is 1. The van der Waals surface area contributed by atoms with E-state index in [4.69, 9.17) is 0 Å². The van der Waals surface area contributed by atoms with Gasteiger partial charge in [0.25, 0.3) is 0 Å². The van der Waals surface area contributed by atoms with E-state index >= 15 is 0 Å². The first kappa shape index (κ1) is 15.0. The smallest absolute Gasteiger partial charge is 0.325 e. The van der Waals surface area contributed by atoms with Crippen LogP contribution in [0.3, 0.4) is 0 Å². The van der Waals surface area contributed by atoms with E-state index < -0.39 is 5.97 Å². The zero-order valence-electron chi connectivity index (χ0n) is 11.3. The van der Waals surface area contributed by atoms with Crippen molar-refractivity contribution in [2.75, 3.05) is 19.7 Å². The van der Waals surface area contributed by atoms with Gasteiger partial charge in [0.05, 0.1) is 12.8 Å². The summed E-state index contributed by atoms with van der Waals surface area (Å²) in [6.45, 7) is 4.42. The van der Waals surface area contributed by atoms with Gasteiger partial charge in [0.15, 0.2) is 0 Å². The topological polar surface area (TPSA) is 96.1 Å². The zero-order chi connectivity index (χ0) is 14.1. The van der Waals surface area contributed by atoms with Gasteiger partial charge in [-0.3, -0.25) is 9.89 Å². The summed E-state index contributed by atoms with van der Waals surface area (Å²) in [5, 5.41) is 11.9. The molecule has 0 aromatic carbocycles. The summed E-state index contributed by atoms with van der Waals surface area (Å²) in [7, 11) is 0. The van der Waals surface area contributed by atoms with Gasteiger partial charge in [0.2, 0.25) is 0 Å². The van der Waals surface area contributed by atoms with Gasteiger partial charge in [-0.1, -0.05) is 0 Å². The molecule has 0 bridgehead atoms. The van der Waals surface area contributed by atoms with Crippen molar-refractivity contribution >= 4 is 12.0 Å². The van der Waals surface area contributed by atoms with Crippen LogP contribution in [-0.2, 0) is 16.0 Å². The van der Waals surface area contributed by atoms with Crippen molar-refractivity contribution in [1.29, 1.82) is 0 Å². The maximum absolute atomic E-state index is 11.3. The van der Waals surface area contributed by atoms with Crippen LogP contribution in [0.15, 0.2) is 6.20 Å². The first-order valence-electron chi connectivity index (χ1n) is 6.29. The summed E-state index contributed by atoms with van der Waals surface area (Å²) < 4.78 is 4.69. The highest BCUT2D eigenvalue weighted by Crippen LogP contribution is 2.04. The van der Waals surface area contributed by atoms with Gasteiger partial charge in [0, 0.05) is 12.2 Å². The number of hydrogen-bond acceptors (Lipinski definition) is 4. The second kappa shape index (κ2) is 8.12. The van der Waals surface area contributed by atoms with Gasteiger partial charge < -0.3 is 15.4 Å². The molecule has 7 nitrogen and oxygen atoms in total. The van der Waals surface area contributed by atoms with Crippen LogP contribution in [0.2, 0.25) is 0 Å². The summed E-state index contributed by atoms with van der Waals surface area (Å²) in [5.41, 5.74) is 2.19. The predicted octanol–water partition coefficient (Wildman–Crippen LogP) is 0.513. The number of aromatic nitrogens is 2. The van der Waals surface area contributed by atoms with E-state index in [1.54, 1.807) is 13.1 Å². The molecule has 0 saturated carbocycles. The van der Waals surface area contributed by atoms with Gasteiger partial charge in [-0.15, -0.1) is 0 Å². The largest absolute Gasteiger partial charge is 0.465 e. The lowest BCUT2D eigenvalue weighted by Crippen LogP contribution is -2.39. The maximum Gasteiger partial charge on any atom is 0.325 e. The number of nitrogens with zero attached hydrogens (tertiary/aromatic N) is 1. The van der Waals surface area contributed by atoms with Crippen LogP contribution in [0.4, 0.5) is 4.79 Å². The molecule has 106 valence electrons. The molecule has 1 heterocycles. The van der Waals surface area contributed by atoms with Crippen molar-refractivity contribution in [2.45, 2.75) is 26.7 Å². The summed E-state index contributed by atoms with van der Waals surface area (Å²) in [4.78, 5) is 22.3.